The van der Waals surface area contributed by atoms with E-state index in [2.05, 4.69) is 24.5 Å². The molecule has 0 saturated carbocycles. The molecule has 1 aliphatic rings. The number of amides is 2. The van der Waals surface area contributed by atoms with E-state index in [0.717, 1.165) is 11.3 Å². The van der Waals surface area contributed by atoms with E-state index in [1.807, 2.05) is 0 Å². The van der Waals surface area contributed by atoms with Crippen LogP contribution in [0.15, 0.2) is 49.1 Å². The van der Waals surface area contributed by atoms with Crippen LogP contribution in [-0.4, -0.2) is 52.1 Å². The van der Waals surface area contributed by atoms with Gasteiger partial charge in [-0.2, -0.15) is 0 Å². The van der Waals surface area contributed by atoms with E-state index in [1.165, 1.54) is 41.3 Å². The highest BCUT2D eigenvalue weighted by Crippen LogP contribution is 2.30. The first-order valence-electron chi connectivity index (χ1n) is 10.7. The molecule has 0 aliphatic carbocycles. The topological polar surface area (TPSA) is 145 Å². The van der Waals surface area contributed by atoms with Crippen LogP contribution in [0.3, 0.4) is 0 Å². The van der Waals surface area contributed by atoms with Crippen molar-refractivity contribution in [2.75, 3.05) is 18.5 Å². The Hall–Kier alpha value is -3.71. The quantitative estimate of drug-likeness (QED) is 0.154. The summed E-state index contributed by atoms with van der Waals surface area (Å²) >= 11 is 4.82. The zero-order valence-electron chi connectivity index (χ0n) is 19.0. The molecule has 1 fully saturated rings. The van der Waals surface area contributed by atoms with Crippen LogP contribution in [0, 0.1) is 16.0 Å². The Balaban J connectivity index is 1.66. The maximum Gasteiger partial charge on any atom is 0.410 e. The number of likely N-dealkylation sites (tertiary alicyclic amines) is 1. The van der Waals surface area contributed by atoms with E-state index >= 15 is 0 Å². The number of non-ortho nitro benzene ring substituents is 1. The summed E-state index contributed by atoms with van der Waals surface area (Å²) in [4.78, 5) is 61.1. The molecule has 11 nitrogen and oxygen atoms in total. The van der Waals surface area contributed by atoms with Gasteiger partial charge in [-0.15, -0.1) is 24.0 Å². The third-order valence-electron chi connectivity index (χ3n) is 5.28. The molecule has 0 unspecified atom stereocenters. The molecular weight excluding hydrogens is 510 g/mol. The molecule has 1 N–H and O–H groups in total. The molecule has 36 heavy (non-hydrogen) atoms. The number of ether oxygens (including phenoxy) is 2. The summed E-state index contributed by atoms with van der Waals surface area (Å²) in [6.45, 7) is 3.50. The molecule has 13 heteroatoms. The first kappa shape index (κ1) is 26.9. The van der Waals surface area contributed by atoms with Crippen LogP contribution in [0.25, 0.3) is 0 Å². The number of thiol groups is 1. The van der Waals surface area contributed by atoms with Crippen molar-refractivity contribution in [3.05, 3.63) is 69.6 Å². The van der Waals surface area contributed by atoms with Gasteiger partial charge < -0.3 is 14.8 Å². The van der Waals surface area contributed by atoms with Crippen molar-refractivity contribution in [2.45, 2.75) is 25.5 Å². The Morgan fingerprint density at radius 3 is 2.56 bits per heavy atom. The molecule has 1 aromatic carbocycles. The highest BCUT2D eigenvalue weighted by Gasteiger charge is 2.41. The molecule has 1 aromatic heterocycles. The summed E-state index contributed by atoms with van der Waals surface area (Å²) in [7, 11) is 0. The number of nitrogens with one attached hydrogen (secondary N) is 1. The Kier molecular flexibility index (Phi) is 9.19. The first-order chi connectivity index (χ1) is 17.2. The summed E-state index contributed by atoms with van der Waals surface area (Å²) in [6, 6.07) is 7.68. The molecule has 2 heterocycles. The molecule has 2 aromatic rings. The Morgan fingerprint density at radius 1 is 1.19 bits per heavy atom. The number of nitro groups is 1. The van der Waals surface area contributed by atoms with Crippen LogP contribution >= 0.6 is 24.0 Å². The number of nitro benzene ring substituents is 1. The second-order valence-corrected chi connectivity index (χ2v) is 9.47. The van der Waals surface area contributed by atoms with Crippen molar-refractivity contribution in [2.24, 2.45) is 5.92 Å². The lowest BCUT2D eigenvalue weighted by atomic mass is 10.0. The van der Waals surface area contributed by atoms with Gasteiger partial charge in [-0.3, -0.25) is 24.6 Å². The smallest absolute Gasteiger partial charge is 0.410 e. The lowest BCUT2D eigenvalue weighted by molar-refractivity contribution is -0.384. The predicted octanol–water partition coefficient (Wildman–Crippen LogP) is 3.81. The van der Waals surface area contributed by atoms with Crippen LogP contribution in [0.1, 0.15) is 28.1 Å². The predicted molar refractivity (Wildman–Crippen MR) is 134 cm³/mol. The summed E-state index contributed by atoms with van der Waals surface area (Å²) in [6.07, 6.45) is 0.986. The van der Waals surface area contributed by atoms with E-state index in [0.29, 0.717) is 10.6 Å². The fourth-order valence-corrected chi connectivity index (χ4v) is 4.70. The van der Waals surface area contributed by atoms with Gasteiger partial charge in [0.05, 0.1) is 9.92 Å². The SMILES string of the molecule is C=CCOC(=O)c1ccc(NC(=O)[C@@H]2C[C@H](CC(=O)S)CN2C(=O)OCc2ccc([N+](=O)[O-])cc2)s1. The van der Waals surface area contributed by atoms with Gasteiger partial charge in [-0.1, -0.05) is 12.7 Å². The number of rotatable bonds is 10. The van der Waals surface area contributed by atoms with E-state index in [4.69, 9.17) is 9.47 Å². The third kappa shape index (κ3) is 7.15. The van der Waals surface area contributed by atoms with Gasteiger partial charge in [-0.25, -0.2) is 9.59 Å². The minimum absolute atomic E-state index is 0.0582. The molecule has 0 radical (unpaired) electrons. The summed E-state index contributed by atoms with van der Waals surface area (Å²) < 4.78 is 10.3. The molecule has 2 atom stereocenters. The molecule has 190 valence electrons. The highest BCUT2D eigenvalue weighted by molar-refractivity contribution is 7.96. The first-order valence-corrected chi connectivity index (χ1v) is 12.0. The lowest BCUT2D eigenvalue weighted by Crippen LogP contribution is -2.43. The molecular formula is C23H23N3O8S2. The van der Waals surface area contributed by atoms with Crippen LogP contribution < -0.4 is 5.32 Å². The molecule has 0 spiro atoms. The Bertz CT molecular complexity index is 1160. The highest BCUT2D eigenvalue weighted by atomic mass is 32.1. The van der Waals surface area contributed by atoms with Gasteiger partial charge in [0, 0.05) is 25.1 Å². The van der Waals surface area contributed by atoms with Crippen molar-refractivity contribution in [1.82, 2.24) is 4.90 Å². The van der Waals surface area contributed by atoms with Crippen molar-refractivity contribution in [3.63, 3.8) is 0 Å². The van der Waals surface area contributed by atoms with Crippen molar-refractivity contribution < 1.29 is 33.6 Å². The molecule has 1 aliphatic heterocycles. The summed E-state index contributed by atoms with van der Waals surface area (Å²) in [5.41, 5.74) is 0.442. The van der Waals surface area contributed by atoms with Crippen molar-refractivity contribution in [1.29, 1.82) is 0 Å². The van der Waals surface area contributed by atoms with Gasteiger partial charge in [-0.05, 0) is 42.2 Å². The van der Waals surface area contributed by atoms with Crippen LogP contribution in [0.4, 0.5) is 15.5 Å². The van der Waals surface area contributed by atoms with Gasteiger partial charge >= 0.3 is 12.1 Å². The molecule has 2 amide bonds. The normalized spacial score (nSPS) is 16.8. The maximum atomic E-state index is 13.0. The number of hydrogen-bond acceptors (Lipinski definition) is 9. The zero-order chi connectivity index (χ0) is 26.2. The van der Waals surface area contributed by atoms with Crippen LogP contribution in [-0.2, 0) is 25.7 Å². The fourth-order valence-electron chi connectivity index (χ4n) is 3.64. The van der Waals surface area contributed by atoms with E-state index in [1.54, 1.807) is 6.07 Å². The second-order valence-electron chi connectivity index (χ2n) is 7.89. The Morgan fingerprint density at radius 2 is 1.92 bits per heavy atom. The summed E-state index contributed by atoms with van der Waals surface area (Å²) in [5, 5.41) is 13.5. The van der Waals surface area contributed by atoms with Crippen LogP contribution in [0.5, 0.6) is 0 Å². The maximum absolute atomic E-state index is 13.0. The largest absolute Gasteiger partial charge is 0.457 e. The Labute approximate surface area is 215 Å². The van der Waals surface area contributed by atoms with E-state index in [9.17, 15) is 29.3 Å². The van der Waals surface area contributed by atoms with Gasteiger partial charge in [0.15, 0.2) is 5.12 Å². The number of carbonyl (C=O) groups is 4. The number of carbonyl (C=O) groups excluding carboxylic acids is 4. The number of benzene rings is 1. The minimum Gasteiger partial charge on any atom is -0.457 e. The lowest BCUT2D eigenvalue weighted by Gasteiger charge is -2.23. The monoisotopic (exact) mass is 533 g/mol. The molecule has 0 bridgehead atoms. The van der Waals surface area contributed by atoms with Crippen LogP contribution in [0.2, 0.25) is 0 Å². The van der Waals surface area contributed by atoms with Gasteiger partial charge in [0.1, 0.15) is 24.1 Å². The van der Waals surface area contributed by atoms with E-state index in [-0.39, 0.29) is 54.2 Å². The number of esters is 1. The fraction of sp³-hybridized carbons (Fsp3) is 0.304. The number of hydrogen-bond donors (Lipinski definition) is 2. The summed E-state index contributed by atoms with van der Waals surface area (Å²) in [5.74, 6) is -1.33. The average molecular weight is 534 g/mol. The van der Waals surface area contributed by atoms with Crippen molar-refractivity contribution in [3.8, 4) is 0 Å². The van der Waals surface area contributed by atoms with Gasteiger partial charge in [0.2, 0.25) is 5.91 Å². The number of anilines is 1. The number of nitrogens with zero attached hydrogens (tertiary/aromatic N) is 2. The zero-order valence-corrected chi connectivity index (χ0v) is 20.7. The second kappa shape index (κ2) is 12.3. The molecule has 3 rings (SSSR count). The standard InChI is InChI=1S/C23H23N3O8S2/c1-2-9-33-22(29)18-7-8-19(36-18)24-21(28)17-10-15(11-20(27)35)12-25(17)23(30)34-13-14-3-5-16(6-4-14)26(31)32/h2-8,15,17H,1,9-13H2,(H,24,28)(H,27,35)/t15-,17+/m1/s1. The number of thiophene rings is 1. The average Bonchev–Trinajstić information content (AvgIpc) is 3.48. The third-order valence-corrected chi connectivity index (χ3v) is 6.45. The van der Waals surface area contributed by atoms with Crippen molar-refractivity contribution >= 4 is 57.7 Å². The van der Waals surface area contributed by atoms with E-state index < -0.39 is 28.9 Å². The minimum atomic E-state index is -0.912. The van der Waals surface area contributed by atoms with Gasteiger partial charge in [0.25, 0.3) is 5.69 Å². The molecule has 1 saturated heterocycles.